The first-order valence-electron chi connectivity index (χ1n) is 4.00. The quantitative estimate of drug-likeness (QED) is 0.763. The van der Waals surface area contributed by atoms with Gasteiger partial charge in [0, 0.05) is 5.56 Å². The highest BCUT2D eigenvalue weighted by molar-refractivity contribution is 5.83. The highest BCUT2D eigenvalue weighted by atomic mass is 16.4. The minimum Gasteiger partial charge on any atom is -0.478 e. The zero-order valence-electron chi connectivity index (χ0n) is 7.16. The van der Waals surface area contributed by atoms with Crippen molar-refractivity contribution in [2.24, 2.45) is 15.2 Å². The van der Waals surface area contributed by atoms with Gasteiger partial charge in [0.1, 0.15) is 6.34 Å². The average molecular weight is 189 g/mol. The van der Waals surface area contributed by atoms with Crippen LogP contribution < -0.4 is 0 Å². The van der Waals surface area contributed by atoms with Crippen molar-refractivity contribution in [2.45, 2.75) is 5.66 Å². The van der Waals surface area contributed by atoms with Crippen LogP contribution in [0.2, 0.25) is 0 Å². The summed E-state index contributed by atoms with van der Waals surface area (Å²) in [6.45, 7) is 0. The van der Waals surface area contributed by atoms with Crippen molar-refractivity contribution in [1.29, 1.82) is 0 Å². The maximum Gasteiger partial charge on any atom is 0.361 e. The Kier molecular flexibility index (Phi) is 1.85. The van der Waals surface area contributed by atoms with Crippen LogP contribution in [0.3, 0.4) is 0 Å². The Morgan fingerprint density at radius 2 is 2.00 bits per heavy atom. The summed E-state index contributed by atoms with van der Waals surface area (Å²) in [5.74, 6) is -1.12. The molecule has 1 N–H and O–H groups in total. The fourth-order valence-electron chi connectivity index (χ4n) is 1.27. The summed E-state index contributed by atoms with van der Waals surface area (Å²) < 4.78 is 0. The molecule has 0 radical (unpaired) electrons. The highest BCUT2D eigenvalue weighted by Crippen LogP contribution is 2.30. The molecule has 1 heterocycles. The standard InChI is InChI=1S/C9H7N3O2/c13-8(14)9(10-6-11-12-9)7-4-2-1-3-5-7/h1-6H,(H,13,14). The molecule has 5 nitrogen and oxygen atoms in total. The third kappa shape index (κ3) is 1.10. The van der Waals surface area contributed by atoms with Gasteiger partial charge in [-0.2, -0.15) is 0 Å². The Balaban J connectivity index is 2.54. The number of carboxylic acid groups (broad SMARTS) is 1. The molecule has 0 saturated carbocycles. The van der Waals surface area contributed by atoms with Crippen LogP contribution in [0.4, 0.5) is 0 Å². The third-order valence-corrected chi connectivity index (χ3v) is 1.97. The lowest BCUT2D eigenvalue weighted by Gasteiger charge is -2.15. The van der Waals surface area contributed by atoms with Crippen LogP contribution in [0, 0.1) is 0 Å². The molecule has 0 aromatic heterocycles. The van der Waals surface area contributed by atoms with Crippen molar-refractivity contribution in [3.8, 4) is 0 Å². The fraction of sp³-hybridized carbons (Fsp3) is 0.111. The molecular weight excluding hydrogens is 182 g/mol. The van der Waals surface area contributed by atoms with Gasteiger partial charge in [-0.15, -0.1) is 10.2 Å². The van der Waals surface area contributed by atoms with E-state index < -0.39 is 11.6 Å². The largest absolute Gasteiger partial charge is 0.478 e. The van der Waals surface area contributed by atoms with Crippen LogP contribution >= 0.6 is 0 Å². The first kappa shape index (κ1) is 8.55. The third-order valence-electron chi connectivity index (χ3n) is 1.97. The molecule has 1 aromatic carbocycles. The summed E-state index contributed by atoms with van der Waals surface area (Å²) in [6, 6.07) is 8.60. The second-order valence-electron chi connectivity index (χ2n) is 2.80. The minimum absolute atomic E-state index is 0.505. The average Bonchev–Trinajstić information content (AvgIpc) is 2.69. The molecule has 0 aliphatic carbocycles. The smallest absolute Gasteiger partial charge is 0.361 e. The minimum atomic E-state index is -1.57. The van der Waals surface area contributed by atoms with E-state index in [-0.39, 0.29) is 0 Å². The maximum atomic E-state index is 11.1. The second kappa shape index (κ2) is 3.02. The van der Waals surface area contributed by atoms with Gasteiger partial charge >= 0.3 is 5.97 Å². The van der Waals surface area contributed by atoms with E-state index in [1.165, 1.54) is 0 Å². The number of hydrogen-bond donors (Lipinski definition) is 1. The van der Waals surface area contributed by atoms with E-state index in [2.05, 4.69) is 15.2 Å². The van der Waals surface area contributed by atoms with Gasteiger partial charge in [-0.25, -0.2) is 9.79 Å². The Morgan fingerprint density at radius 1 is 1.29 bits per heavy atom. The van der Waals surface area contributed by atoms with E-state index in [9.17, 15) is 4.79 Å². The summed E-state index contributed by atoms with van der Waals surface area (Å²) >= 11 is 0. The topological polar surface area (TPSA) is 74.4 Å². The number of carbonyl (C=O) groups is 1. The molecule has 0 saturated heterocycles. The highest BCUT2D eigenvalue weighted by Gasteiger charge is 2.42. The van der Waals surface area contributed by atoms with Crippen LogP contribution in [0.15, 0.2) is 45.6 Å². The lowest BCUT2D eigenvalue weighted by molar-refractivity contribution is -0.143. The van der Waals surface area contributed by atoms with E-state index in [4.69, 9.17) is 5.11 Å². The van der Waals surface area contributed by atoms with Crippen molar-refractivity contribution < 1.29 is 9.90 Å². The lowest BCUT2D eigenvalue weighted by atomic mass is 10.0. The predicted octanol–water partition coefficient (Wildman–Crippen LogP) is 1.42. The molecule has 1 aliphatic rings. The van der Waals surface area contributed by atoms with E-state index in [1.54, 1.807) is 30.3 Å². The van der Waals surface area contributed by atoms with Gasteiger partial charge in [0.15, 0.2) is 0 Å². The number of azo groups is 1. The summed E-state index contributed by atoms with van der Waals surface area (Å²) in [5.41, 5.74) is -1.06. The Labute approximate surface area is 79.8 Å². The molecule has 0 amide bonds. The van der Waals surface area contributed by atoms with E-state index >= 15 is 0 Å². The monoisotopic (exact) mass is 189 g/mol. The van der Waals surface area contributed by atoms with Gasteiger partial charge in [-0.1, -0.05) is 30.3 Å². The van der Waals surface area contributed by atoms with Crippen molar-refractivity contribution in [3.63, 3.8) is 0 Å². The Morgan fingerprint density at radius 3 is 2.50 bits per heavy atom. The Hall–Kier alpha value is -2.04. The molecule has 0 bridgehead atoms. The molecule has 14 heavy (non-hydrogen) atoms. The fourth-order valence-corrected chi connectivity index (χ4v) is 1.27. The zero-order chi connectivity index (χ0) is 10.0. The molecule has 1 aromatic rings. The van der Waals surface area contributed by atoms with Crippen LogP contribution in [0.5, 0.6) is 0 Å². The van der Waals surface area contributed by atoms with Crippen molar-refractivity contribution in [3.05, 3.63) is 35.9 Å². The van der Waals surface area contributed by atoms with Crippen molar-refractivity contribution in [2.75, 3.05) is 0 Å². The summed E-state index contributed by atoms with van der Waals surface area (Å²) in [7, 11) is 0. The number of rotatable bonds is 2. The molecule has 0 fully saturated rings. The molecule has 70 valence electrons. The number of carboxylic acids is 1. The number of benzene rings is 1. The van der Waals surface area contributed by atoms with Gasteiger partial charge in [-0.05, 0) is 0 Å². The van der Waals surface area contributed by atoms with Crippen molar-refractivity contribution >= 4 is 12.3 Å². The lowest BCUT2D eigenvalue weighted by Crippen LogP contribution is -2.29. The van der Waals surface area contributed by atoms with Crippen molar-refractivity contribution in [1.82, 2.24) is 0 Å². The summed E-state index contributed by atoms with van der Waals surface area (Å²) in [4.78, 5) is 14.8. The first-order valence-corrected chi connectivity index (χ1v) is 4.00. The molecule has 0 spiro atoms. The summed E-state index contributed by atoms with van der Waals surface area (Å²) in [5, 5.41) is 16.2. The van der Waals surface area contributed by atoms with E-state index in [1.807, 2.05) is 0 Å². The van der Waals surface area contributed by atoms with Crippen LogP contribution in [0.1, 0.15) is 5.56 Å². The number of nitrogens with zero attached hydrogens (tertiary/aromatic N) is 3. The first-order chi connectivity index (χ1) is 6.76. The van der Waals surface area contributed by atoms with Crippen LogP contribution in [-0.2, 0) is 10.5 Å². The van der Waals surface area contributed by atoms with E-state index in [0.29, 0.717) is 5.56 Å². The van der Waals surface area contributed by atoms with Gasteiger partial charge in [0.05, 0.1) is 0 Å². The van der Waals surface area contributed by atoms with E-state index in [0.717, 1.165) is 6.34 Å². The SMILES string of the molecule is O=C(O)C1(c2ccccc2)N=CN=N1. The molecule has 1 aliphatic heterocycles. The molecule has 5 heteroatoms. The number of aliphatic imine (C=N–C) groups is 1. The Bertz CT molecular complexity index is 399. The maximum absolute atomic E-state index is 11.1. The van der Waals surface area contributed by atoms with Crippen LogP contribution in [-0.4, -0.2) is 17.4 Å². The predicted molar refractivity (Wildman–Crippen MR) is 49.1 cm³/mol. The van der Waals surface area contributed by atoms with Gasteiger partial charge in [-0.3, -0.25) is 0 Å². The molecule has 1 unspecified atom stereocenters. The van der Waals surface area contributed by atoms with Crippen LogP contribution in [0.25, 0.3) is 0 Å². The summed E-state index contributed by atoms with van der Waals surface area (Å²) in [6.07, 6.45) is 1.15. The second-order valence-corrected chi connectivity index (χ2v) is 2.80. The number of hydrogen-bond acceptors (Lipinski definition) is 4. The van der Waals surface area contributed by atoms with Gasteiger partial charge in [0.25, 0.3) is 5.66 Å². The molecule has 1 atom stereocenters. The zero-order valence-corrected chi connectivity index (χ0v) is 7.16. The molecule has 2 rings (SSSR count). The normalized spacial score (nSPS) is 24.0. The number of aliphatic carboxylic acids is 1. The van der Waals surface area contributed by atoms with Gasteiger partial charge in [0.2, 0.25) is 0 Å². The van der Waals surface area contributed by atoms with Gasteiger partial charge < -0.3 is 5.11 Å². The molecular formula is C9H7N3O2.